The summed E-state index contributed by atoms with van der Waals surface area (Å²) in [6.07, 6.45) is 3.46. The van der Waals surface area contributed by atoms with Crippen molar-refractivity contribution in [1.82, 2.24) is 20.1 Å². The number of anilines is 1. The number of nitrogens with zero attached hydrogens (tertiary/aromatic N) is 4. The Labute approximate surface area is 91.9 Å². The Kier molecular flexibility index (Phi) is 3.27. The van der Waals surface area contributed by atoms with E-state index in [1.165, 1.54) is 12.7 Å². The van der Waals surface area contributed by atoms with Crippen LogP contribution in [0.25, 0.3) is 0 Å². The van der Waals surface area contributed by atoms with Gasteiger partial charge in [-0.3, -0.25) is 0 Å². The van der Waals surface area contributed by atoms with Gasteiger partial charge in [-0.2, -0.15) is 4.98 Å². The van der Waals surface area contributed by atoms with Gasteiger partial charge in [-0.15, -0.1) is 0 Å². The molecule has 0 aliphatic rings. The highest BCUT2D eigenvalue weighted by atomic mass is 16.5. The molecule has 2 aromatic heterocycles. The van der Waals surface area contributed by atoms with Gasteiger partial charge in [0.2, 0.25) is 11.8 Å². The van der Waals surface area contributed by atoms with Gasteiger partial charge in [0.1, 0.15) is 12.1 Å². The zero-order valence-corrected chi connectivity index (χ0v) is 8.75. The Morgan fingerprint density at radius 2 is 2.25 bits per heavy atom. The maximum absolute atomic E-state index is 4.98. The molecule has 0 spiro atoms. The van der Waals surface area contributed by atoms with Gasteiger partial charge < -0.3 is 14.6 Å². The molecule has 1 N–H and O–H groups in total. The first-order chi connectivity index (χ1) is 7.88. The van der Waals surface area contributed by atoms with Crippen LogP contribution >= 0.6 is 0 Å². The Balaban J connectivity index is 1.85. The summed E-state index contributed by atoms with van der Waals surface area (Å²) in [4.78, 5) is 11.8. The summed E-state index contributed by atoms with van der Waals surface area (Å²) in [5, 5.41) is 6.61. The predicted molar refractivity (Wildman–Crippen MR) is 55.1 cm³/mol. The third kappa shape index (κ3) is 2.66. The number of ether oxygens (including phenoxy) is 1. The number of aromatic nitrogens is 4. The molecule has 2 aromatic rings. The lowest BCUT2D eigenvalue weighted by Crippen LogP contribution is -2.06. The van der Waals surface area contributed by atoms with E-state index in [2.05, 4.69) is 25.4 Å². The summed E-state index contributed by atoms with van der Waals surface area (Å²) in [5.41, 5.74) is 0. The summed E-state index contributed by atoms with van der Waals surface area (Å²) in [6, 6.07) is 1.72. The largest absolute Gasteiger partial charge is 0.481 e. The molecular formula is C9H11N5O2. The van der Waals surface area contributed by atoms with Crippen LogP contribution in [0.2, 0.25) is 0 Å². The molecule has 0 saturated carbocycles. The summed E-state index contributed by atoms with van der Waals surface area (Å²) >= 11 is 0. The minimum Gasteiger partial charge on any atom is -0.481 e. The van der Waals surface area contributed by atoms with Crippen molar-refractivity contribution in [3.63, 3.8) is 0 Å². The molecule has 0 aromatic carbocycles. The minimum absolute atomic E-state index is 0.523. The Bertz CT molecular complexity index is 431. The van der Waals surface area contributed by atoms with Crippen molar-refractivity contribution in [1.29, 1.82) is 0 Å². The lowest BCUT2D eigenvalue weighted by atomic mass is 10.4. The van der Waals surface area contributed by atoms with Crippen LogP contribution < -0.4 is 10.1 Å². The third-order valence-electron chi connectivity index (χ3n) is 1.90. The van der Waals surface area contributed by atoms with Crippen molar-refractivity contribution in [3.8, 4) is 5.88 Å². The molecule has 0 radical (unpaired) electrons. The maximum Gasteiger partial charge on any atom is 0.228 e. The van der Waals surface area contributed by atoms with Gasteiger partial charge in [-0.1, -0.05) is 5.16 Å². The molecular weight excluding hydrogens is 210 g/mol. The average Bonchev–Trinajstić information content (AvgIpc) is 2.82. The van der Waals surface area contributed by atoms with Gasteiger partial charge in [-0.05, 0) is 0 Å². The second kappa shape index (κ2) is 5.06. The molecule has 0 aliphatic heterocycles. The molecule has 7 nitrogen and oxygen atoms in total. The Morgan fingerprint density at radius 3 is 3.00 bits per heavy atom. The Morgan fingerprint density at radius 1 is 1.31 bits per heavy atom. The lowest BCUT2D eigenvalue weighted by molar-refractivity contribution is 0.379. The average molecular weight is 221 g/mol. The van der Waals surface area contributed by atoms with Gasteiger partial charge in [0.05, 0.1) is 7.11 Å². The van der Waals surface area contributed by atoms with Gasteiger partial charge in [0, 0.05) is 19.0 Å². The smallest absolute Gasteiger partial charge is 0.228 e. The van der Waals surface area contributed by atoms with Crippen LogP contribution in [-0.4, -0.2) is 33.8 Å². The number of nitrogens with one attached hydrogen (secondary N) is 1. The van der Waals surface area contributed by atoms with Crippen LogP contribution in [0.5, 0.6) is 5.88 Å². The molecule has 0 amide bonds. The van der Waals surface area contributed by atoms with E-state index in [9.17, 15) is 0 Å². The van der Waals surface area contributed by atoms with E-state index in [-0.39, 0.29) is 0 Å². The van der Waals surface area contributed by atoms with Gasteiger partial charge in [-0.25, -0.2) is 9.97 Å². The molecule has 16 heavy (non-hydrogen) atoms. The fourth-order valence-corrected chi connectivity index (χ4v) is 1.15. The second-order valence-corrected chi connectivity index (χ2v) is 2.96. The van der Waals surface area contributed by atoms with E-state index in [0.29, 0.717) is 30.6 Å². The molecule has 7 heteroatoms. The molecule has 2 heterocycles. The van der Waals surface area contributed by atoms with Crippen molar-refractivity contribution in [2.45, 2.75) is 6.42 Å². The molecule has 2 rings (SSSR count). The lowest BCUT2D eigenvalue weighted by Gasteiger charge is -2.04. The summed E-state index contributed by atoms with van der Waals surface area (Å²) in [5.74, 6) is 1.81. The van der Waals surface area contributed by atoms with Gasteiger partial charge in [0.25, 0.3) is 0 Å². The van der Waals surface area contributed by atoms with Gasteiger partial charge in [0.15, 0.2) is 6.33 Å². The van der Waals surface area contributed by atoms with E-state index in [1.807, 2.05) is 0 Å². The SMILES string of the molecule is COc1cc(NCCc2ncno2)ncn1. The third-order valence-corrected chi connectivity index (χ3v) is 1.90. The number of hydrogen-bond donors (Lipinski definition) is 1. The standard InChI is InChI=1S/C9H11N5O2/c1-15-9-4-7(11-5-12-9)10-3-2-8-13-6-14-16-8/h4-6H,2-3H2,1H3,(H,10,11,12). The van der Waals surface area contributed by atoms with Crippen LogP contribution in [0.15, 0.2) is 23.2 Å². The summed E-state index contributed by atoms with van der Waals surface area (Å²) in [7, 11) is 1.56. The van der Waals surface area contributed by atoms with E-state index < -0.39 is 0 Å². The van der Waals surface area contributed by atoms with Crippen LogP contribution in [0, 0.1) is 0 Å². The van der Waals surface area contributed by atoms with Crippen LogP contribution in [0.4, 0.5) is 5.82 Å². The normalized spacial score (nSPS) is 10.1. The zero-order chi connectivity index (χ0) is 11.2. The molecule has 0 fully saturated rings. The van der Waals surface area contributed by atoms with Crippen molar-refractivity contribution in [2.24, 2.45) is 0 Å². The topological polar surface area (TPSA) is 86.0 Å². The van der Waals surface area contributed by atoms with Crippen molar-refractivity contribution in [3.05, 3.63) is 24.6 Å². The monoisotopic (exact) mass is 221 g/mol. The van der Waals surface area contributed by atoms with E-state index in [4.69, 9.17) is 9.26 Å². The number of rotatable bonds is 5. The molecule has 84 valence electrons. The fourth-order valence-electron chi connectivity index (χ4n) is 1.15. The molecule has 0 aliphatic carbocycles. The highest BCUT2D eigenvalue weighted by Gasteiger charge is 2.00. The summed E-state index contributed by atoms with van der Waals surface area (Å²) in [6.45, 7) is 0.655. The minimum atomic E-state index is 0.523. The second-order valence-electron chi connectivity index (χ2n) is 2.96. The molecule has 0 atom stereocenters. The first kappa shape index (κ1) is 10.3. The van der Waals surface area contributed by atoms with E-state index in [1.54, 1.807) is 13.2 Å². The van der Waals surface area contributed by atoms with Gasteiger partial charge >= 0.3 is 0 Å². The van der Waals surface area contributed by atoms with E-state index >= 15 is 0 Å². The van der Waals surface area contributed by atoms with Crippen molar-refractivity contribution < 1.29 is 9.26 Å². The van der Waals surface area contributed by atoms with Crippen molar-refractivity contribution in [2.75, 3.05) is 19.0 Å². The van der Waals surface area contributed by atoms with Crippen LogP contribution in [-0.2, 0) is 6.42 Å². The highest BCUT2D eigenvalue weighted by molar-refractivity contribution is 5.36. The van der Waals surface area contributed by atoms with Crippen LogP contribution in [0.1, 0.15) is 5.89 Å². The fraction of sp³-hybridized carbons (Fsp3) is 0.333. The predicted octanol–water partition coefficient (Wildman–Crippen LogP) is 0.523. The van der Waals surface area contributed by atoms with Crippen molar-refractivity contribution >= 4 is 5.82 Å². The van der Waals surface area contributed by atoms with E-state index in [0.717, 1.165) is 0 Å². The quantitative estimate of drug-likeness (QED) is 0.787. The molecule has 0 unspecified atom stereocenters. The number of methoxy groups -OCH3 is 1. The highest BCUT2D eigenvalue weighted by Crippen LogP contribution is 2.09. The molecule has 0 bridgehead atoms. The summed E-state index contributed by atoms with van der Waals surface area (Å²) < 4.78 is 9.83. The first-order valence-electron chi connectivity index (χ1n) is 4.74. The zero-order valence-electron chi connectivity index (χ0n) is 8.75. The maximum atomic E-state index is 4.98. The van der Waals surface area contributed by atoms with Crippen LogP contribution in [0.3, 0.4) is 0 Å². The molecule has 0 saturated heterocycles. The first-order valence-corrected chi connectivity index (χ1v) is 4.74. The Hall–Kier alpha value is -2.18. The number of hydrogen-bond acceptors (Lipinski definition) is 7.